The van der Waals surface area contributed by atoms with E-state index in [1.165, 1.54) is 0 Å². The number of carbonyl (C=O) groups excluding carboxylic acids is 3. The van der Waals surface area contributed by atoms with Gasteiger partial charge in [-0.2, -0.15) is 0 Å². The minimum atomic E-state index is -0.480. The fourth-order valence-corrected chi connectivity index (χ4v) is 4.96. The second kappa shape index (κ2) is 9.90. The van der Waals surface area contributed by atoms with Gasteiger partial charge in [-0.15, -0.1) is 0 Å². The standard InChI is InChI=1S/C25H22BrN3O4S/c1-15-11-17(16(2)29(15)20-6-4-5-18(26)13-20)12-22-24(31)28(25(32)34-22)14-23(30)27-19-7-9-21(33-3)10-8-19/h4-13H,14H2,1-3H3,(H,27,30)/b22-12+. The zero-order chi connectivity index (χ0) is 24.4. The Labute approximate surface area is 209 Å². The highest BCUT2D eigenvalue weighted by atomic mass is 79.9. The van der Waals surface area contributed by atoms with Gasteiger partial charge in [-0.05, 0) is 85.8 Å². The third-order valence-electron chi connectivity index (χ3n) is 5.37. The number of hydrogen-bond donors (Lipinski definition) is 1. The molecule has 4 rings (SSSR count). The summed E-state index contributed by atoms with van der Waals surface area (Å²) in [5.41, 5.74) is 4.32. The monoisotopic (exact) mass is 539 g/mol. The molecule has 34 heavy (non-hydrogen) atoms. The number of aromatic nitrogens is 1. The number of amides is 3. The van der Waals surface area contributed by atoms with Crippen molar-refractivity contribution in [3.8, 4) is 11.4 Å². The number of nitrogens with zero attached hydrogens (tertiary/aromatic N) is 2. The largest absolute Gasteiger partial charge is 0.497 e. The normalized spacial score (nSPS) is 14.7. The van der Waals surface area contributed by atoms with Crippen LogP contribution in [0.1, 0.15) is 17.0 Å². The molecule has 1 aromatic heterocycles. The number of anilines is 1. The topological polar surface area (TPSA) is 80.6 Å². The van der Waals surface area contributed by atoms with Crippen molar-refractivity contribution < 1.29 is 19.1 Å². The maximum absolute atomic E-state index is 12.9. The molecule has 0 aliphatic carbocycles. The van der Waals surface area contributed by atoms with Crippen molar-refractivity contribution in [2.24, 2.45) is 0 Å². The summed E-state index contributed by atoms with van der Waals surface area (Å²) in [5, 5.41) is 2.22. The molecule has 0 radical (unpaired) electrons. The molecule has 0 unspecified atom stereocenters. The van der Waals surface area contributed by atoms with Gasteiger partial charge >= 0.3 is 0 Å². The number of aryl methyl sites for hydroxylation is 1. The molecular weight excluding hydrogens is 518 g/mol. The van der Waals surface area contributed by atoms with E-state index >= 15 is 0 Å². The zero-order valence-electron chi connectivity index (χ0n) is 18.8. The summed E-state index contributed by atoms with van der Waals surface area (Å²) in [6.45, 7) is 3.60. The Morgan fingerprint density at radius 2 is 1.85 bits per heavy atom. The molecule has 0 saturated carbocycles. The molecule has 3 amide bonds. The Bertz CT molecular complexity index is 1310. The lowest BCUT2D eigenvalue weighted by Gasteiger charge is -2.12. The third kappa shape index (κ3) is 4.95. The summed E-state index contributed by atoms with van der Waals surface area (Å²) in [6.07, 6.45) is 1.71. The van der Waals surface area contributed by atoms with Crippen molar-refractivity contribution >= 4 is 56.5 Å². The van der Waals surface area contributed by atoms with E-state index in [-0.39, 0.29) is 11.4 Å². The van der Waals surface area contributed by atoms with Crippen LogP contribution in [0.3, 0.4) is 0 Å². The number of rotatable bonds is 6. The first-order valence-electron chi connectivity index (χ1n) is 10.4. The highest BCUT2D eigenvalue weighted by Crippen LogP contribution is 2.34. The van der Waals surface area contributed by atoms with Gasteiger partial charge in [-0.3, -0.25) is 19.3 Å². The van der Waals surface area contributed by atoms with Gasteiger partial charge < -0.3 is 14.6 Å². The van der Waals surface area contributed by atoms with Gasteiger partial charge in [0.05, 0.1) is 12.0 Å². The summed E-state index contributed by atoms with van der Waals surface area (Å²) in [5.74, 6) is -0.276. The lowest BCUT2D eigenvalue weighted by molar-refractivity contribution is -0.127. The molecule has 1 fully saturated rings. The van der Waals surface area contributed by atoms with Crippen LogP contribution < -0.4 is 10.1 Å². The minimum absolute atomic E-state index is 0.289. The summed E-state index contributed by atoms with van der Waals surface area (Å²) < 4.78 is 8.15. The first kappa shape index (κ1) is 23.8. The summed E-state index contributed by atoms with van der Waals surface area (Å²) in [4.78, 5) is 39.1. The molecule has 1 aliphatic rings. The maximum Gasteiger partial charge on any atom is 0.294 e. The number of carbonyl (C=O) groups is 3. The molecule has 1 N–H and O–H groups in total. The summed E-state index contributed by atoms with van der Waals surface area (Å²) in [6, 6.07) is 16.7. The molecule has 7 nitrogen and oxygen atoms in total. The number of benzene rings is 2. The van der Waals surface area contributed by atoms with Crippen LogP contribution >= 0.6 is 27.7 Å². The lowest BCUT2D eigenvalue weighted by Crippen LogP contribution is -2.36. The van der Waals surface area contributed by atoms with Crippen LogP contribution in [0.25, 0.3) is 11.8 Å². The van der Waals surface area contributed by atoms with Crippen LogP contribution in [0.5, 0.6) is 5.75 Å². The Kier molecular flexibility index (Phi) is 6.95. The van der Waals surface area contributed by atoms with Crippen molar-refractivity contribution in [1.29, 1.82) is 0 Å². The van der Waals surface area contributed by atoms with E-state index in [2.05, 4.69) is 25.8 Å². The average molecular weight is 540 g/mol. The quantitative estimate of drug-likeness (QED) is 0.416. The lowest BCUT2D eigenvalue weighted by atomic mass is 10.2. The van der Waals surface area contributed by atoms with E-state index in [9.17, 15) is 14.4 Å². The van der Waals surface area contributed by atoms with Crippen LogP contribution in [0, 0.1) is 13.8 Å². The first-order chi connectivity index (χ1) is 16.3. The molecule has 9 heteroatoms. The van der Waals surface area contributed by atoms with Gasteiger partial charge in [0.2, 0.25) is 5.91 Å². The van der Waals surface area contributed by atoms with E-state index in [0.717, 1.165) is 43.8 Å². The molecular formula is C25H22BrN3O4S. The van der Waals surface area contributed by atoms with Crippen molar-refractivity contribution in [2.75, 3.05) is 19.0 Å². The molecule has 2 heterocycles. The Hall–Kier alpha value is -3.30. The number of thioether (sulfide) groups is 1. The van der Waals surface area contributed by atoms with Crippen LogP contribution in [0.2, 0.25) is 0 Å². The number of imide groups is 1. The number of ether oxygens (including phenoxy) is 1. The van der Waals surface area contributed by atoms with Gasteiger partial charge in [-0.25, -0.2) is 0 Å². The SMILES string of the molecule is COc1ccc(NC(=O)CN2C(=O)S/C(=C/c3cc(C)n(-c4cccc(Br)c4)c3C)C2=O)cc1. The van der Waals surface area contributed by atoms with E-state index in [1.54, 1.807) is 37.5 Å². The number of halogens is 1. The van der Waals surface area contributed by atoms with E-state index < -0.39 is 17.1 Å². The predicted octanol–water partition coefficient (Wildman–Crippen LogP) is 5.54. The fraction of sp³-hybridized carbons (Fsp3) is 0.160. The third-order valence-corrected chi connectivity index (χ3v) is 6.77. The first-order valence-corrected chi connectivity index (χ1v) is 12.0. The van der Waals surface area contributed by atoms with Gasteiger partial charge in [0.1, 0.15) is 12.3 Å². The van der Waals surface area contributed by atoms with Crippen molar-refractivity contribution in [2.45, 2.75) is 13.8 Å². The highest BCUT2D eigenvalue weighted by Gasteiger charge is 2.36. The summed E-state index contributed by atoms with van der Waals surface area (Å²) >= 11 is 4.34. The number of hydrogen-bond acceptors (Lipinski definition) is 5. The van der Waals surface area contributed by atoms with Gasteiger partial charge in [0.15, 0.2) is 0 Å². The Balaban J connectivity index is 1.50. The van der Waals surface area contributed by atoms with Gasteiger partial charge in [-0.1, -0.05) is 22.0 Å². The van der Waals surface area contributed by atoms with Crippen molar-refractivity contribution in [3.63, 3.8) is 0 Å². The van der Waals surface area contributed by atoms with Crippen LogP contribution in [-0.2, 0) is 9.59 Å². The van der Waals surface area contributed by atoms with Gasteiger partial charge in [0, 0.05) is 27.2 Å². The van der Waals surface area contributed by atoms with Crippen LogP contribution in [0.4, 0.5) is 10.5 Å². The zero-order valence-corrected chi connectivity index (χ0v) is 21.2. The predicted molar refractivity (Wildman–Crippen MR) is 137 cm³/mol. The summed E-state index contributed by atoms with van der Waals surface area (Å²) in [7, 11) is 1.55. The molecule has 174 valence electrons. The van der Waals surface area contributed by atoms with Gasteiger partial charge in [0.25, 0.3) is 11.1 Å². The van der Waals surface area contributed by atoms with E-state index in [4.69, 9.17) is 4.74 Å². The second-order valence-corrected chi connectivity index (χ2v) is 9.60. The Morgan fingerprint density at radius 3 is 2.53 bits per heavy atom. The Morgan fingerprint density at radius 1 is 1.12 bits per heavy atom. The molecule has 1 aliphatic heterocycles. The van der Waals surface area contributed by atoms with E-state index in [1.807, 2.05) is 44.2 Å². The minimum Gasteiger partial charge on any atom is -0.497 e. The second-order valence-electron chi connectivity index (χ2n) is 7.69. The fourth-order valence-electron chi connectivity index (χ4n) is 3.74. The molecule has 0 atom stereocenters. The highest BCUT2D eigenvalue weighted by molar-refractivity contribution is 9.10. The van der Waals surface area contributed by atoms with Crippen molar-refractivity contribution in [3.05, 3.63) is 80.9 Å². The molecule has 0 spiro atoms. The molecule has 1 saturated heterocycles. The molecule has 3 aromatic rings. The molecule has 0 bridgehead atoms. The smallest absolute Gasteiger partial charge is 0.294 e. The average Bonchev–Trinajstić information content (AvgIpc) is 3.23. The number of nitrogens with one attached hydrogen (secondary N) is 1. The van der Waals surface area contributed by atoms with Crippen LogP contribution in [-0.4, -0.2) is 40.2 Å². The molecule has 2 aromatic carbocycles. The van der Waals surface area contributed by atoms with Crippen LogP contribution in [0.15, 0.2) is 64.0 Å². The number of methoxy groups -OCH3 is 1. The van der Waals surface area contributed by atoms with Crippen molar-refractivity contribution in [1.82, 2.24) is 9.47 Å². The maximum atomic E-state index is 12.9. The van der Waals surface area contributed by atoms with E-state index in [0.29, 0.717) is 11.4 Å².